The van der Waals surface area contributed by atoms with Crippen molar-refractivity contribution in [1.82, 2.24) is 0 Å². The van der Waals surface area contributed by atoms with Crippen LogP contribution in [0.25, 0.3) is 0 Å². The summed E-state index contributed by atoms with van der Waals surface area (Å²) >= 11 is 0. The summed E-state index contributed by atoms with van der Waals surface area (Å²) in [5, 5.41) is 0. The minimum atomic E-state index is 1.02. The van der Waals surface area contributed by atoms with Crippen LogP contribution in [0.5, 0.6) is 0 Å². The average molecular weight is 357 g/mol. The van der Waals surface area contributed by atoms with Crippen molar-refractivity contribution in [3.8, 4) is 0 Å². The summed E-state index contributed by atoms with van der Waals surface area (Å²) in [6.45, 7) is 32.6. The number of rotatable bonds is 7. The van der Waals surface area contributed by atoms with Crippen LogP contribution < -0.4 is 0 Å². The highest BCUT2D eigenvalue weighted by atomic mass is 13.9. The van der Waals surface area contributed by atoms with E-state index in [1.807, 2.05) is 52.0 Å². The van der Waals surface area contributed by atoms with E-state index in [0.717, 1.165) is 36.0 Å². The van der Waals surface area contributed by atoms with Crippen LogP contribution in [-0.4, -0.2) is 0 Å². The van der Waals surface area contributed by atoms with E-state index < -0.39 is 0 Å². The molecule has 0 N–H and O–H groups in total. The van der Waals surface area contributed by atoms with E-state index in [-0.39, 0.29) is 0 Å². The predicted octanol–water partition coefficient (Wildman–Crippen LogP) is 9.33. The molecule has 0 saturated carbocycles. The van der Waals surface area contributed by atoms with Gasteiger partial charge in [-0.1, -0.05) is 118 Å². The van der Waals surface area contributed by atoms with Gasteiger partial charge in [0.2, 0.25) is 0 Å². The fourth-order valence-electron chi connectivity index (χ4n) is 0.971. The summed E-state index contributed by atoms with van der Waals surface area (Å²) in [5.41, 5.74) is 4.61. The molecule has 0 aromatic heterocycles. The lowest BCUT2D eigenvalue weighted by Gasteiger charge is -1.95. The van der Waals surface area contributed by atoms with E-state index in [4.69, 9.17) is 0 Å². The van der Waals surface area contributed by atoms with Crippen molar-refractivity contribution in [3.05, 3.63) is 97.7 Å². The molecule has 0 unspecified atom stereocenters. The summed E-state index contributed by atoms with van der Waals surface area (Å²) in [6, 6.07) is 0. The fourth-order valence-corrected chi connectivity index (χ4v) is 0.971. The lowest BCUT2D eigenvalue weighted by Crippen LogP contribution is -1.74. The molecule has 0 aromatic rings. The summed E-state index contributed by atoms with van der Waals surface area (Å²) < 4.78 is 0. The second kappa shape index (κ2) is 27.8. The topological polar surface area (TPSA) is 0 Å². The highest BCUT2D eigenvalue weighted by Gasteiger charge is 1.85. The molecular formula is C26H44. The van der Waals surface area contributed by atoms with Gasteiger partial charge in [0, 0.05) is 0 Å². The van der Waals surface area contributed by atoms with Crippen LogP contribution in [0.1, 0.15) is 67.7 Å². The third kappa shape index (κ3) is 43.1. The van der Waals surface area contributed by atoms with Gasteiger partial charge < -0.3 is 0 Å². The maximum atomic E-state index is 3.77. The van der Waals surface area contributed by atoms with Gasteiger partial charge in [0.15, 0.2) is 0 Å². The Balaban J connectivity index is -0.000000124. The van der Waals surface area contributed by atoms with Gasteiger partial charge in [-0.25, -0.2) is 0 Å². The van der Waals surface area contributed by atoms with E-state index in [1.54, 1.807) is 6.08 Å². The number of hydrogen-bond donors (Lipinski definition) is 0. The first-order valence-corrected chi connectivity index (χ1v) is 9.36. The van der Waals surface area contributed by atoms with Crippen LogP contribution in [0.3, 0.4) is 0 Å². The first-order chi connectivity index (χ1) is 12.2. The Morgan fingerprint density at radius 3 is 1.42 bits per heavy atom. The van der Waals surface area contributed by atoms with Gasteiger partial charge in [0.25, 0.3) is 0 Å². The Morgan fingerprint density at radius 1 is 0.846 bits per heavy atom. The molecule has 0 saturated heterocycles. The third-order valence-electron chi connectivity index (χ3n) is 2.95. The smallest absolute Gasteiger partial charge is 0.0311 e. The van der Waals surface area contributed by atoms with Crippen molar-refractivity contribution < 1.29 is 0 Å². The summed E-state index contributed by atoms with van der Waals surface area (Å²) in [5.74, 6) is 0. The quantitative estimate of drug-likeness (QED) is 0.398. The van der Waals surface area contributed by atoms with E-state index >= 15 is 0 Å². The molecule has 0 aliphatic rings. The molecule has 0 nitrogen and oxygen atoms in total. The van der Waals surface area contributed by atoms with E-state index in [0.29, 0.717) is 0 Å². The Morgan fingerprint density at radius 2 is 1.35 bits per heavy atom. The molecule has 0 heteroatoms. The second-order valence-corrected chi connectivity index (χ2v) is 5.70. The van der Waals surface area contributed by atoms with Crippen molar-refractivity contribution >= 4 is 0 Å². The summed E-state index contributed by atoms with van der Waals surface area (Å²) in [7, 11) is 0. The molecule has 0 atom stereocenters. The van der Waals surface area contributed by atoms with Crippen LogP contribution in [0.15, 0.2) is 97.7 Å². The third-order valence-corrected chi connectivity index (χ3v) is 2.95. The molecule has 0 aromatic carbocycles. The molecule has 0 rings (SSSR count). The largest absolute Gasteiger partial charge is 0.0991 e. The van der Waals surface area contributed by atoms with Crippen LogP contribution in [-0.2, 0) is 0 Å². The van der Waals surface area contributed by atoms with Crippen LogP contribution in [0, 0.1) is 0 Å². The Bertz CT molecular complexity index is 464. The average Bonchev–Trinajstić information content (AvgIpc) is 2.64. The van der Waals surface area contributed by atoms with Crippen molar-refractivity contribution in [2.75, 3.05) is 0 Å². The highest BCUT2D eigenvalue weighted by Crippen LogP contribution is 2.05. The number of allylic oxidation sites excluding steroid dienone is 11. The zero-order chi connectivity index (χ0) is 21.4. The highest BCUT2D eigenvalue weighted by molar-refractivity contribution is 5.21. The van der Waals surface area contributed by atoms with Gasteiger partial charge >= 0.3 is 0 Å². The molecule has 0 fully saturated rings. The van der Waals surface area contributed by atoms with Gasteiger partial charge in [-0.2, -0.15) is 0 Å². The molecule has 148 valence electrons. The first-order valence-electron chi connectivity index (χ1n) is 9.36. The fraction of sp³-hybridized carbons (Fsp3) is 0.385. The molecule has 0 bridgehead atoms. The van der Waals surface area contributed by atoms with E-state index in [2.05, 4.69) is 65.8 Å². The van der Waals surface area contributed by atoms with Gasteiger partial charge in [-0.05, 0) is 47.0 Å². The van der Waals surface area contributed by atoms with Gasteiger partial charge in [-0.15, -0.1) is 0 Å². The lowest BCUT2D eigenvalue weighted by atomic mass is 10.1. The van der Waals surface area contributed by atoms with Crippen molar-refractivity contribution in [1.29, 1.82) is 0 Å². The summed E-state index contributed by atoms with van der Waals surface area (Å²) in [4.78, 5) is 0. The second-order valence-electron chi connectivity index (χ2n) is 5.70. The Labute approximate surface area is 165 Å². The van der Waals surface area contributed by atoms with Crippen LogP contribution >= 0.6 is 0 Å². The normalized spacial score (nSPS) is 9.73. The molecular weight excluding hydrogens is 312 g/mol. The minimum Gasteiger partial charge on any atom is -0.0991 e. The van der Waals surface area contributed by atoms with E-state index in [1.165, 1.54) is 5.57 Å². The maximum absolute atomic E-state index is 3.77. The van der Waals surface area contributed by atoms with Gasteiger partial charge in [0.1, 0.15) is 0 Å². The predicted molar refractivity (Wildman–Crippen MR) is 128 cm³/mol. The Kier molecular flexibility index (Phi) is 33.8. The molecule has 26 heavy (non-hydrogen) atoms. The molecule has 0 radical (unpaired) electrons. The number of hydrogen-bond acceptors (Lipinski definition) is 0. The zero-order valence-corrected chi connectivity index (χ0v) is 18.7. The molecule has 0 aliphatic heterocycles. The molecule has 0 heterocycles. The molecule has 0 aliphatic carbocycles. The van der Waals surface area contributed by atoms with Crippen molar-refractivity contribution in [2.24, 2.45) is 0 Å². The summed E-state index contributed by atoms with van der Waals surface area (Å²) in [6.07, 6.45) is 17.0. The Hall–Kier alpha value is -2.08. The zero-order valence-electron chi connectivity index (χ0n) is 18.7. The van der Waals surface area contributed by atoms with Crippen molar-refractivity contribution in [2.45, 2.75) is 67.7 Å². The van der Waals surface area contributed by atoms with Crippen LogP contribution in [0.4, 0.5) is 0 Å². The lowest BCUT2D eigenvalue weighted by molar-refractivity contribution is 1.12. The van der Waals surface area contributed by atoms with Crippen LogP contribution in [0.2, 0.25) is 0 Å². The SMILES string of the molecule is C=C(C)C(=C)CC.C=C(C)C=CCC.C=CC(C)=CC.C=CC=CCC. The minimum absolute atomic E-state index is 1.02. The monoisotopic (exact) mass is 356 g/mol. The molecule has 0 amide bonds. The van der Waals surface area contributed by atoms with Gasteiger partial charge in [-0.3, -0.25) is 0 Å². The first kappa shape index (κ1) is 31.7. The maximum Gasteiger partial charge on any atom is -0.0311 e. The molecule has 0 spiro atoms. The van der Waals surface area contributed by atoms with Gasteiger partial charge in [0.05, 0.1) is 0 Å². The van der Waals surface area contributed by atoms with Crippen molar-refractivity contribution in [3.63, 3.8) is 0 Å². The van der Waals surface area contributed by atoms with E-state index in [9.17, 15) is 0 Å². The standard InChI is InChI=1S/2C7H12.2C6H10/c1-5-7(4)6(2)3;1-4-5-6-7(2)3;1-4-6(3)5-2;1-3-5-6-4-2/h2,4-5H2,1,3H3;5-6H,2,4H2,1,3H3;4-5H,1H2,2-3H3;3,5-6H,1,4H2,2H3.